The van der Waals surface area contributed by atoms with Crippen molar-refractivity contribution in [1.82, 2.24) is 4.72 Å². The molecule has 2 rings (SSSR count). The molecule has 0 amide bonds. The minimum Gasteiger partial charge on any atom is -0.505 e. The lowest BCUT2D eigenvalue weighted by Crippen LogP contribution is -2.28. The summed E-state index contributed by atoms with van der Waals surface area (Å²) in [6, 6.07) is 7.77. The van der Waals surface area contributed by atoms with Gasteiger partial charge in [0.05, 0.1) is 20.7 Å². The van der Waals surface area contributed by atoms with E-state index in [0.717, 1.165) is 6.07 Å². The average Bonchev–Trinajstić information content (AvgIpc) is 2.50. The normalized spacial score (nSPS) is 13.0. The van der Waals surface area contributed by atoms with Crippen LogP contribution in [-0.4, -0.2) is 30.0 Å². The molecule has 1 atom stereocenters. The van der Waals surface area contributed by atoms with Crippen LogP contribution in [0.5, 0.6) is 5.75 Å². The van der Waals surface area contributed by atoms with Gasteiger partial charge < -0.3 is 5.11 Å². The molecular formula is C14H12Cl2FNO4S2. The Labute approximate surface area is 150 Å². The molecule has 0 bridgehead atoms. The SMILES string of the molecule is O=S(CCNS(=O)(=O)c1cc(Cl)cc(Cl)c1O)c1ccccc1F. The van der Waals surface area contributed by atoms with Crippen molar-refractivity contribution >= 4 is 44.0 Å². The molecule has 0 heterocycles. The van der Waals surface area contributed by atoms with Gasteiger partial charge in [-0.05, 0) is 24.3 Å². The number of hydrogen-bond acceptors (Lipinski definition) is 4. The topological polar surface area (TPSA) is 83.5 Å². The summed E-state index contributed by atoms with van der Waals surface area (Å²) in [4.78, 5) is -0.498. The van der Waals surface area contributed by atoms with Crippen LogP contribution in [-0.2, 0) is 20.8 Å². The fraction of sp³-hybridized carbons (Fsp3) is 0.143. The van der Waals surface area contributed by atoms with Crippen molar-refractivity contribution in [3.05, 3.63) is 52.3 Å². The molecule has 2 N–H and O–H groups in total. The summed E-state index contributed by atoms with van der Waals surface area (Å²) in [7, 11) is -5.84. The fourth-order valence-corrected chi connectivity index (χ4v) is 4.77. The molecule has 0 aliphatic heterocycles. The van der Waals surface area contributed by atoms with E-state index in [1.165, 1.54) is 30.3 Å². The number of rotatable bonds is 6. The van der Waals surface area contributed by atoms with E-state index in [4.69, 9.17) is 23.2 Å². The molecule has 2 aromatic rings. The van der Waals surface area contributed by atoms with Crippen molar-refractivity contribution in [3.8, 4) is 5.75 Å². The number of phenolic OH excluding ortho intramolecular Hbond substituents is 1. The fourth-order valence-electron chi connectivity index (χ4n) is 1.83. The van der Waals surface area contributed by atoms with Crippen LogP contribution in [0.1, 0.15) is 0 Å². The third-order valence-corrected chi connectivity index (χ3v) is 6.32. The molecular weight excluding hydrogens is 400 g/mol. The zero-order chi connectivity index (χ0) is 17.9. The van der Waals surface area contributed by atoms with E-state index in [0.29, 0.717) is 0 Å². The van der Waals surface area contributed by atoms with Crippen LogP contribution in [0.3, 0.4) is 0 Å². The van der Waals surface area contributed by atoms with Crippen molar-refractivity contribution in [3.63, 3.8) is 0 Å². The van der Waals surface area contributed by atoms with Crippen LogP contribution in [0, 0.1) is 5.82 Å². The van der Waals surface area contributed by atoms with E-state index >= 15 is 0 Å². The van der Waals surface area contributed by atoms with Gasteiger partial charge in [-0.1, -0.05) is 35.3 Å². The predicted molar refractivity (Wildman–Crippen MR) is 91.0 cm³/mol. The molecule has 2 aromatic carbocycles. The van der Waals surface area contributed by atoms with Crippen LogP contribution in [0.15, 0.2) is 46.2 Å². The van der Waals surface area contributed by atoms with Crippen molar-refractivity contribution < 1.29 is 22.1 Å². The molecule has 0 spiro atoms. The van der Waals surface area contributed by atoms with Gasteiger partial charge in [0.2, 0.25) is 10.0 Å². The van der Waals surface area contributed by atoms with E-state index in [1.54, 1.807) is 0 Å². The number of hydrogen-bond donors (Lipinski definition) is 2. The van der Waals surface area contributed by atoms with Crippen LogP contribution < -0.4 is 4.72 Å². The number of phenols is 1. The average molecular weight is 412 g/mol. The summed E-state index contributed by atoms with van der Waals surface area (Å²) >= 11 is 11.4. The highest BCUT2D eigenvalue weighted by molar-refractivity contribution is 7.89. The Morgan fingerprint density at radius 3 is 2.54 bits per heavy atom. The lowest BCUT2D eigenvalue weighted by Gasteiger charge is -2.10. The Kier molecular flexibility index (Phi) is 6.22. The minimum absolute atomic E-state index is 0.00894. The summed E-state index contributed by atoms with van der Waals surface area (Å²) < 4.78 is 52.1. The molecule has 0 aliphatic rings. The van der Waals surface area contributed by atoms with Gasteiger partial charge in [0.25, 0.3) is 0 Å². The standard InChI is InChI=1S/C14H12Cl2FNO4S2/c15-9-7-10(16)14(19)13(8-9)24(21,22)18-5-6-23(20)12-4-2-1-3-11(12)17/h1-4,7-8,18-19H,5-6H2. The van der Waals surface area contributed by atoms with Crippen LogP contribution in [0.2, 0.25) is 10.0 Å². The molecule has 0 aromatic heterocycles. The van der Waals surface area contributed by atoms with E-state index in [-0.39, 0.29) is 27.2 Å². The number of sulfonamides is 1. The first kappa shape index (κ1) is 19.1. The first-order chi connectivity index (χ1) is 11.2. The molecule has 10 heteroatoms. The van der Waals surface area contributed by atoms with Gasteiger partial charge in [-0.3, -0.25) is 4.21 Å². The molecule has 24 heavy (non-hydrogen) atoms. The summed E-state index contributed by atoms with van der Waals surface area (Å²) in [5.74, 6) is -1.41. The van der Waals surface area contributed by atoms with Gasteiger partial charge in [0, 0.05) is 17.3 Å². The molecule has 0 saturated heterocycles. The van der Waals surface area contributed by atoms with Crippen LogP contribution >= 0.6 is 23.2 Å². The molecule has 1 unspecified atom stereocenters. The zero-order valence-electron chi connectivity index (χ0n) is 12.0. The van der Waals surface area contributed by atoms with Crippen LogP contribution in [0.4, 0.5) is 4.39 Å². The third kappa shape index (κ3) is 4.46. The number of halogens is 3. The lowest BCUT2D eigenvalue weighted by molar-refractivity contribution is 0.458. The van der Waals surface area contributed by atoms with Crippen LogP contribution in [0.25, 0.3) is 0 Å². The maximum absolute atomic E-state index is 13.5. The molecule has 0 radical (unpaired) electrons. The molecule has 0 fully saturated rings. The first-order valence-electron chi connectivity index (χ1n) is 6.53. The van der Waals surface area contributed by atoms with Gasteiger partial charge in [0.15, 0.2) is 5.75 Å². The highest BCUT2D eigenvalue weighted by Gasteiger charge is 2.21. The van der Waals surface area contributed by atoms with E-state index in [9.17, 15) is 22.1 Å². The molecule has 0 saturated carbocycles. The Morgan fingerprint density at radius 1 is 1.21 bits per heavy atom. The van der Waals surface area contributed by atoms with Gasteiger partial charge in [-0.15, -0.1) is 0 Å². The summed E-state index contributed by atoms with van der Waals surface area (Å²) in [6.45, 7) is -0.229. The Balaban J connectivity index is 2.09. The number of aromatic hydroxyl groups is 1. The van der Waals surface area contributed by atoms with Gasteiger partial charge in [-0.25, -0.2) is 17.5 Å². The molecule has 130 valence electrons. The second kappa shape index (κ2) is 7.79. The van der Waals surface area contributed by atoms with Gasteiger partial charge in [-0.2, -0.15) is 0 Å². The predicted octanol–water partition coefficient (Wildman–Crippen LogP) is 2.92. The summed E-state index contributed by atoms with van der Waals surface area (Å²) in [5, 5.41) is 9.59. The Bertz CT molecular complexity index is 890. The summed E-state index contributed by atoms with van der Waals surface area (Å²) in [6.07, 6.45) is 0. The highest BCUT2D eigenvalue weighted by Crippen LogP contribution is 2.33. The van der Waals surface area contributed by atoms with Gasteiger partial charge in [0.1, 0.15) is 10.7 Å². The minimum atomic E-state index is -4.12. The monoisotopic (exact) mass is 411 g/mol. The Hall–Kier alpha value is -1.19. The number of nitrogens with one attached hydrogen (secondary N) is 1. The maximum atomic E-state index is 13.5. The maximum Gasteiger partial charge on any atom is 0.244 e. The van der Waals surface area contributed by atoms with Crippen molar-refractivity contribution in [2.24, 2.45) is 0 Å². The highest BCUT2D eigenvalue weighted by atomic mass is 35.5. The van der Waals surface area contributed by atoms with Gasteiger partial charge >= 0.3 is 0 Å². The third-order valence-electron chi connectivity index (χ3n) is 2.94. The second-order valence-corrected chi connectivity index (χ2v) is 8.73. The largest absolute Gasteiger partial charge is 0.505 e. The van der Waals surface area contributed by atoms with E-state index < -0.39 is 37.3 Å². The molecule has 5 nitrogen and oxygen atoms in total. The molecule has 0 aliphatic carbocycles. The quantitative estimate of drug-likeness (QED) is 0.765. The Morgan fingerprint density at radius 2 is 1.88 bits per heavy atom. The van der Waals surface area contributed by atoms with Crippen molar-refractivity contribution in [2.75, 3.05) is 12.3 Å². The van der Waals surface area contributed by atoms with Crippen molar-refractivity contribution in [2.45, 2.75) is 9.79 Å². The number of benzene rings is 2. The smallest absolute Gasteiger partial charge is 0.244 e. The van der Waals surface area contributed by atoms with E-state index in [2.05, 4.69) is 4.72 Å². The lowest BCUT2D eigenvalue weighted by atomic mass is 10.3. The first-order valence-corrected chi connectivity index (χ1v) is 10.1. The summed E-state index contributed by atoms with van der Waals surface area (Å²) in [5.41, 5.74) is 0. The van der Waals surface area contributed by atoms with Crippen molar-refractivity contribution in [1.29, 1.82) is 0 Å². The zero-order valence-corrected chi connectivity index (χ0v) is 15.1. The second-order valence-electron chi connectivity index (χ2n) is 4.61. The van der Waals surface area contributed by atoms with E-state index in [1.807, 2.05) is 0 Å².